The molecule has 0 spiro atoms. The highest BCUT2D eigenvalue weighted by Crippen LogP contribution is 2.36. The van der Waals surface area contributed by atoms with E-state index in [2.05, 4.69) is 4.74 Å². The van der Waals surface area contributed by atoms with Gasteiger partial charge in [0.05, 0.1) is 7.11 Å². The van der Waals surface area contributed by atoms with Crippen LogP contribution in [0.4, 0.5) is 13.2 Å². The van der Waals surface area contributed by atoms with Gasteiger partial charge in [-0.2, -0.15) is 0 Å². The Labute approximate surface area is 98.3 Å². The quantitative estimate of drug-likeness (QED) is 0.790. The number of ether oxygens (including phenoxy) is 2. The zero-order valence-corrected chi connectivity index (χ0v) is 10.2. The number of rotatable bonds is 2. The van der Waals surface area contributed by atoms with Gasteiger partial charge < -0.3 is 9.47 Å². The highest BCUT2D eigenvalue weighted by molar-refractivity contribution is 5.44. The molecule has 0 aliphatic carbocycles. The molecular weight excluding hydrogens is 233 g/mol. The fraction of sp³-hybridized carbons (Fsp3) is 0.500. The summed E-state index contributed by atoms with van der Waals surface area (Å²) in [5, 5.41) is 0. The van der Waals surface area contributed by atoms with Crippen LogP contribution in [0.2, 0.25) is 0 Å². The van der Waals surface area contributed by atoms with Crippen LogP contribution >= 0.6 is 0 Å². The van der Waals surface area contributed by atoms with Gasteiger partial charge in [-0.25, -0.2) is 0 Å². The first kappa shape index (κ1) is 13.7. The molecule has 0 saturated heterocycles. The molecule has 0 aromatic heterocycles. The average molecular weight is 248 g/mol. The van der Waals surface area contributed by atoms with Crippen molar-refractivity contribution in [2.75, 3.05) is 7.11 Å². The Morgan fingerprint density at radius 1 is 1.00 bits per heavy atom. The first-order valence-electron chi connectivity index (χ1n) is 5.08. The van der Waals surface area contributed by atoms with Gasteiger partial charge in [0.2, 0.25) is 0 Å². The van der Waals surface area contributed by atoms with Crippen LogP contribution < -0.4 is 9.47 Å². The predicted octanol–water partition coefficient (Wildman–Crippen LogP) is 3.89. The molecular formula is C12H15F3O2. The summed E-state index contributed by atoms with van der Waals surface area (Å²) in [5.41, 5.74) is 0.494. The van der Waals surface area contributed by atoms with Crippen LogP contribution in [0.1, 0.15) is 26.3 Å². The summed E-state index contributed by atoms with van der Waals surface area (Å²) in [6.45, 7) is 5.73. The summed E-state index contributed by atoms with van der Waals surface area (Å²) in [7, 11) is 1.30. The van der Waals surface area contributed by atoms with Gasteiger partial charge in [0, 0.05) is 0 Å². The van der Waals surface area contributed by atoms with Crippen molar-refractivity contribution in [1.82, 2.24) is 0 Å². The molecule has 0 radical (unpaired) electrons. The van der Waals surface area contributed by atoms with Crippen molar-refractivity contribution in [2.45, 2.75) is 32.5 Å². The van der Waals surface area contributed by atoms with Crippen LogP contribution in [0.25, 0.3) is 0 Å². The van der Waals surface area contributed by atoms with Crippen LogP contribution in [-0.4, -0.2) is 13.5 Å². The minimum atomic E-state index is -4.72. The summed E-state index contributed by atoms with van der Waals surface area (Å²) in [5.74, 6) is -0.247. The van der Waals surface area contributed by atoms with Crippen LogP contribution in [0.15, 0.2) is 18.2 Å². The Balaban J connectivity index is 3.16. The Hall–Kier alpha value is -1.39. The van der Waals surface area contributed by atoms with E-state index in [1.54, 1.807) is 6.07 Å². The lowest BCUT2D eigenvalue weighted by Gasteiger charge is -2.21. The van der Waals surface area contributed by atoms with Crippen molar-refractivity contribution in [3.8, 4) is 11.5 Å². The SMILES string of the molecule is COc1ccc(C(C)(C)C)cc1OC(F)(F)F. The smallest absolute Gasteiger partial charge is 0.493 e. The second-order valence-electron chi connectivity index (χ2n) is 4.66. The molecule has 17 heavy (non-hydrogen) atoms. The van der Waals surface area contributed by atoms with Gasteiger partial charge in [-0.1, -0.05) is 26.8 Å². The third-order valence-corrected chi connectivity index (χ3v) is 2.26. The standard InChI is InChI=1S/C12H15F3O2/c1-11(2,3)8-5-6-9(16-4)10(7-8)17-12(13,14)15/h5-7H,1-4H3. The maximum Gasteiger partial charge on any atom is 0.573 e. The molecule has 1 aromatic carbocycles. The second-order valence-corrected chi connectivity index (χ2v) is 4.66. The predicted molar refractivity (Wildman–Crippen MR) is 58.4 cm³/mol. The van der Waals surface area contributed by atoms with E-state index in [-0.39, 0.29) is 16.9 Å². The monoisotopic (exact) mass is 248 g/mol. The van der Waals surface area contributed by atoms with E-state index in [1.807, 2.05) is 20.8 Å². The number of methoxy groups -OCH3 is 1. The van der Waals surface area contributed by atoms with Crippen LogP contribution in [0.5, 0.6) is 11.5 Å². The summed E-state index contributed by atoms with van der Waals surface area (Å²) in [6.07, 6.45) is -4.72. The normalized spacial score (nSPS) is 12.4. The van der Waals surface area contributed by atoms with Crippen LogP contribution in [-0.2, 0) is 5.41 Å². The third-order valence-electron chi connectivity index (χ3n) is 2.26. The minimum absolute atomic E-state index is 0.0651. The fourth-order valence-electron chi connectivity index (χ4n) is 1.35. The second kappa shape index (κ2) is 4.47. The topological polar surface area (TPSA) is 18.5 Å². The van der Waals surface area contributed by atoms with Crippen LogP contribution in [0.3, 0.4) is 0 Å². The van der Waals surface area contributed by atoms with Gasteiger partial charge >= 0.3 is 6.36 Å². The van der Waals surface area contributed by atoms with Gasteiger partial charge in [-0.15, -0.1) is 13.2 Å². The fourth-order valence-corrected chi connectivity index (χ4v) is 1.35. The molecule has 0 amide bonds. The molecule has 2 nitrogen and oxygen atoms in total. The Morgan fingerprint density at radius 2 is 1.59 bits per heavy atom. The number of hydrogen-bond donors (Lipinski definition) is 0. The van der Waals surface area contributed by atoms with Crippen molar-refractivity contribution in [1.29, 1.82) is 0 Å². The molecule has 0 bridgehead atoms. The largest absolute Gasteiger partial charge is 0.573 e. The number of alkyl halides is 3. The molecule has 1 rings (SSSR count). The van der Waals surface area contributed by atoms with Crippen molar-refractivity contribution in [2.24, 2.45) is 0 Å². The number of benzene rings is 1. The van der Waals surface area contributed by atoms with Crippen molar-refractivity contribution in [3.63, 3.8) is 0 Å². The molecule has 5 heteroatoms. The molecule has 0 fully saturated rings. The number of hydrogen-bond acceptors (Lipinski definition) is 2. The van der Waals surface area contributed by atoms with Gasteiger partial charge in [-0.3, -0.25) is 0 Å². The summed E-state index contributed by atoms with van der Waals surface area (Å²) >= 11 is 0. The maximum absolute atomic E-state index is 12.2. The molecule has 0 heterocycles. The van der Waals surface area contributed by atoms with Gasteiger partial charge in [-0.05, 0) is 23.1 Å². The van der Waals surface area contributed by atoms with Gasteiger partial charge in [0.25, 0.3) is 0 Å². The third kappa shape index (κ3) is 3.84. The van der Waals surface area contributed by atoms with Crippen molar-refractivity contribution < 1.29 is 22.6 Å². The molecule has 1 aromatic rings. The van der Waals surface area contributed by atoms with Crippen LogP contribution in [0, 0.1) is 0 Å². The molecule has 0 N–H and O–H groups in total. The lowest BCUT2D eigenvalue weighted by atomic mass is 9.87. The molecule has 0 saturated carbocycles. The average Bonchev–Trinajstić information content (AvgIpc) is 2.13. The van der Waals surface area contributed by atoms with Gasteiger partial charge in [0.15, 0.2) is 11.5 Å². The molecule has 0 atom stereocenters. The molecule has 96 valence electrons. The minimum Gasteiger partial charge on any atom is -0.493 e. The zero-order chi connectivity index (χ0) is 13.3. The highest BCUT2D eigenvalue weighted by Gasteiger charge is 2.33. The first-order valence-corrected chi connectivity index (χ1v) is 5.08. The summed E-state index contributed by atoms with van der Waals surface area (Å²) in [4.78, 5) is 0. The van der Waals surface area contributed by atoms with E-state index >= 15 is 0 Å². The molecule has 0 aliphatic heterocycles. The first-order chi connectivity index (χ1) is 7.63. The lowest BCUT2D eigenvalue weighted by Crippen LogP contribution is -2.18. The Morgan fingerprint density at radius 3 is 2.00 bits per heavy atom. The molecule has 0 unspecified atom stereocenters. The van der Waals surface area contributed by atoms with E-state index in [1.165, 1.54) is 19.2 Å². The van der Waals surface area contributed by atoms with Crippen molar-refractivity contribution in [3.05, 3.63) is 23.8 Å². The van der Waals surface area contributed by atoms with E-state index in [0.29, 0.717) is 0 Å². The van der Waals surface area contributed by atoms with Crippen molar-refractivity contribution >= 4 is 0 Å². The van der Waals surface area contributed by atoms with E-state index in [4.69, 9.17) is 4.74 Å². The maximum atomic E-state index is 12.2. The van der Waals surface area contributed by atoms with E-state index in [0.717, 1.165) is 5.56 Å². The highest BCUT2D eigenvalue weighted by atomic mass is 19.4. The Kier molecular flexibility index (Phi) is 3.59. The molecule has 0 aliphatic rings. The lowest BCUT2D eigenvalue weighted by molar-refractivity contribution is -0.275. The summed E-state index contributed by atoms with van der Waals surface area (Å²) in [6, 6.07) is 4.55. The summed E-state index contributed by atoms with van der Waals surface area (Å²) < 4.78 is 45.4. The number of halogens is 3. The Bertz CT molecular complexity index is 392. The van der Waals surface area contributed by atoms with Gasteiger partial charge in [0.1, 0.15) is 0 Å². The zero-order valence-electron chi connectivity index (χ0n) is 10.2. The van der Waals surface area contributed by atoms with E-state index < -0.39 is 6.36 Å². The van der Waals surface area contributed by atoms with E-state index in [9.17, 15) is 13.2 Å².